The molecule has 2 saturated heterocycles. The van der Waals surface area contributed by atoms with Gasteiger partial charge in [0.05, 0.1) is 38.5 Å². The molecule has 2 aliphatic heterocycles. The molecule has 0 aliphatic carbocycles. The molecule has 32 heavy (non-hydrogen) atoms. The second-order valence-corrected chi connectivity index (χ2v) is 8.65. The first-order valence-electron chi connectivity index (χ1n) is 11.2. The first-order chi connectivity index (χ1) is 15.7. The number of imidazole rings is 1. The van der Waals surface area contributed by atoms with Crippen molar-refractivity contribution in [2.75, 3.05) is 49.3 Å². The number of hydrogen-bond acceptors (Lipinski definition) is 7. The molecule has 0 bridgehead atoms. The normalized spacial score (nSPS) is 22.2. The van der Waals surface area contributed by atoms with E-state index in [0.29, 0.717) is 38.0 Å². The van der Waals surface area contributed by atoms with E-state index in [2.05, 4.69) is 57.9 Å². The quantitative estimate of drug-likeness (QED) is 0.513. The lowest BCUT2D eigenvalue weighted by Crippen LogP contribution is -2.46. The highest BCUT2D eigenvalue weighted by molar-refractivity contribution is 5.89. The number of H-pyrrole nitrogens is 2. The SMILES string of the molecule is C[C@@H]1COCCN1c1nc(N2CCOC[C@H]2C)c2[nH]c(-c3ccc4cc[nH]c4c3)nc2n1. The average Bonchev–Trinajstić information content (AvgIpc) is 3.45. The molecule has 166 valence electrons. The zero-order chi connectivity index (χ0) is 21.7. The molecular formula is C23H27N7O2. The highest BCUT2D eigenvalue weighted by atomic mass is 16.5. The fourth-order valence-electron chi connectivity index (χ4n) is 4.61. The standard InChI is InChI=1S/C23H27N7O2/c1-14-12-31-9-7-29(14)22-19-21(27-23(28-22)30-8-10-32-13-15(30)2)26-20(25-19)17-4-3-16-5-6-24-18(16)11-17/h3-6,11,14-15,24H,7-10,12-13H2,1-2H3,(H,25,26,27,28)/t14-,15-/m1/s1. The predicted molar refractivity (Wildman–Crippen MR) is 124 cm³/mol. The van der Waals surface area contributed by atoms with Gasteiger partial charge in [-0.15, -0.1) is 0 Å². The van der Waals surface area contributed by atoms with Crippen LogP contribution in [0.3, 0.4) is 0 Å². The Morgan fingerprint density at radius 3 is 2.50 bits per heavy atom. The summed E-state index contributed by atoms with van der Waals surface area (Å²) in [6, 6.07) is 8.80. The molecule has 0 spiro atoms. The summed E-state index contributed by atoms with van der Waals surface area (Å²) in [4.78, 5) is 26.2. The van der Waals surface area contributed by atoms with Crippen molar-refractivity contribution in [2.45, 2.75) is 25.9 Å². The van der Waals surface area contributed by atoms with Crippen LogP contribution < -0.4 is 9.80 Å². The van der Waals surface area contributed by atoms with E-state index < -0.39 is 0 Å². The minimum Gasteiger partial charge on any atom is -0.377 e. The molecule has 2 fully saturated rings. The maximum atomic E-state index is 5.68. The summed E-state index contributed by atoms with van der Waals surface area (Å²) >= 11 is 0. The maximum Gasteiger partial charge on any atom is 0.229 e. The Labute approximate surface area is 185 Å². The number of fused-ring (bicyclic) bond motifs is 2. The molecule has 3 aromatic heterocycles. The third-order valence-corrected chi connectivity index (χ3v) is 6.41. The van der Waals surface area contributed by atoms with Crippen molar-refractivity contribution in [2.24, 2.45) is 0 Å². The molecule has 9 nitrogen and oxygen atoms in total. The molecule has 1 aromatic carbocycles. The third-order valence-electron chi connectivity index (χ3n) is 6.41. The van der Waals surface area contributed by atoms with Crippen LogP contribution in [0.5, 0.6) is 0 Å². The summed E-state index contributed by atoms with van der Waals surface area (Å²) in [7, 11) is 0. The van der Waals surface area contributed by atoms with Crippen LogP contribution in [-0.2, 0) is 9.47 Å². The molecule has 4 aromatic rings. The van der Waals surface area contributed by atoms with E-state index in [-0.39, 0.29) is 12.1 Å². The van der Waals surface area contributed by atoms with Crippen LogP contribution in [0.2, 0.25) is 0 Å². The van der Waals surface area contributed by atoms with Gasteiger partial charge in [-0.05, 0) is 31.4 Å². The van der Waals surface area contributed by atoms with Crippen molar-refractivity contribution in [3.8, 4) is 11.4 Å². The summed E-state index contributed by atoms with van der Waals surface area (Å²) in [6.45, 7) is 8.58. The zero-order valence-electron chi connectivity index (χ0n) is 18.3. The van der Waals surface area contributed by atoms with Gasteiger partial charge in [0.25, 0.3) is 0 Å². The lowest BCUT2D eigenvalue weighted by molar-refractivity contribution is 0.0973. The van der Waals surface area contributed by atoms with Gasteiger partial charge < -0.3 is 29.2 Å². The Morgan fingerprint density at radius 1 is 0.938 bits per heavy atom. The summed E-state index contributed by atoms with van der Waals surface area (Å²) in [5.74, 6) is 2.39. The predicted octanol–water partition coefficient (Wildman–Crippen LogP) is 2.95. The highest BCUT2D eigenvalue weighted by Gasteiger charge is 2.28. The van der Waals surface area contributed by atoms with Crippen LogP contribution >= 0.6 is 0 Å². The van der Waals surface area contributed by atoms with Crippen molar-refractivity contribution in [1.29, 1.82) is 0 Å². The van der Waals surface area contributed by atoms with Gasteiger partial charge in [0.1, 0.15) is 11.3 Å². The Kier molecular flexibility index (Phi) is 4.73. The van der Waals surface area contributed by atoms with Gasteiger partial charge in [-0.1, -0.05) is 12.1 Å². The Bertz CT molecular complexity index is 1270. The summed E-state index contributed by atoms with van der Waals surface area (Å²) in [5.41, 5.74) is 3.65. The minimum absolute atomic E-state index is 0.213. The van der Waals surface area contributed by atoms with Gasteiger partial charge in [-0.25, -0.2) is 4.98 Å². The van der Waals surface area contributed by atoms with Gasteiger partial charge in [0.15, 0.2) is 11.5 Å². The molecule has 2 aliphatic rings. The highest BCUT2D eigenvalue weighted by Crippen LogP contribution is 2.31. The molecule has 0 amide bonds. The molecule has 0 unspecified atom stereocenters. The molecule has 2 N–H and O–H groups in total. The lowest BCUT2D eigenvalue weighted by atomic mass is 10.1. The fourth-order valence-corrected chi connectivity index (χ4v) is 4.61. The maximum absolute atomic E-state index is 5.68. The van der Waals surface area contributed by atoms with Crippen LogP contribution in [0.1, 0.15) is 13.8 Å². The molecule has 0 saturated carbocycles. The van der Waals surface area contributed by atoms with Crippen LogP contribution in [0.25, 0.3) is 33.5 Å². The molecule has 6 rings (SSSR count). The van der Waals surface area contributed by atoms with Crippen LogP contribution in [0.4, 0.5) is 11.8 Å². The smallest absolute Gasteiger partial charge is 0.229 e. The Hall–Kier alpha value is -3.17. The van der Waals surface area contributed by atoms with E-state index in [4.69, 9.17) is 24.4 Å². The molecule has 0 radical (unpaired) electrons. The van der Waals surface area contributed by atoms with Crippen LogP contribution in [-0.4, -0.2) is 76.5 Å². The fraction of sp³-hybridized carbons (Fsp3) is 0.435. The van der Waals surface area contributed by atoms with E-state index >= 15 is 0 Å². The number of anilines is 2. The van der Waals surface area contributed by atoms with Gasteiger partial charge in [-0.3, -0.25) is 0 Å². The Balaban J connectivity index is 1.50. The monoisotopic (exact) mass is 433 g/mol. The zero-order valence-corrected chi connectivity index (χ0v) is 18.3. The second kappa shape index (κ2) is 7.75. The van der Waals surface area contributed by atoms with E-state index in [1.807, 2.05) is 6.20 Å². The average molecular weight is 434 g/mol. The van der Waals surface area contributed by atoms with Crippen LogP contribution in [0.15, 0.2) is 30.5 Å². The number of nitrogens with zero attached hydrogens (tertiary/aromatic N) is 5. The molecule has 5 heterocycles. The number of benzene rings is 1. The van der Waals surface area contributed by atoms with Crippen molar-refractivity contribution < 1.29 is 9.47 Å². The Morgan fingerprint density at radius 2 is 1.72 bits per heavy atom. The van der Waals surface area contributed by atoms with Gasteiger partial charge in [-0.2, -0.15) is 9.97 Å². The molecule has 2 atom stereocenters. The third kappa shape index (κ3) is 3.28. The molecule has 9 heteroatoms. The summed E-state index contributed by atoms with van der Waals surface area (Å²) < 4.78 is 11.3. The lowest BCUT2D eigenvalue weighted by Gasteiger charge is -2.36. The van der Waals surface area contributed by atoms with Crippen molar-refractivity contribution in [3.63, 3.8) is 0 Å². The first-order valence-corrected chi connectivity index (χ1v) is 11.2. The van der Waals surface area contributed by atoms with Gasteiger partial charge in [0, 0.05) is 30.4 Å². The number of aromatic nitrogens is 5. The summed E-state index contributed by atoms with van der Waals surface area (Å²) in [5, 5.41) is 1.18. The van der Waals surface area contributed by atoms with Crippen molar-refractivity contribution in [1.82, 2.24) is 24.9 Å². The second-order valence-electron chi connectivity index (χ2n) is 8.65. The number of hydrogen-bond donors (Lipinski definition) is 2. The van der Waals surface area contributed by atoms with E-state index in [1.54, 1.807) is 0 Å². The van der Waals surface area contributed by atoms with Crippen molar-refractivity contribution in [3.05, 3.63) is 30.5 Å². The number of morpholine rings is 2. The van der Waals surface area contributed by atoms with E-state index in [0.717, 1.165) is 41.3 Å². The first kappa shape index (κ1) is 19.5. The van der Waals surface area contributed by atoms with E-state index in [1.165, 1.54) is 5.39 Å². The number of rotatable bonds is 3. The van der Waals surface area contributed by atoms with Crippen molar-refractivity contribution >= 4 is 33.8 Å². The molecular weight excluding hydrogens is 406 g/mol. The summed E-state index contributed by atoms with van der Waals surface area (Å²) in [6.07, 6.45) is 1.95. The van der Waals surface area contributed by atoms with Gasteiger partial charge in [0.2, 0.25) is 5.95 Å². The van der Waals surface area contributed by atoms with Gasteiger partial charge >= 0.3 is 0 Å². The number of ether oxygens (including phenoxy) is 2. The largest absolute Gasteiger partial charge is 0.377 e. The van der Waals surface area contributed by atoms with E-state index in [9.17, 15) is 0 Å². The van der Waals surface area contributed by atoms with Crippen LogP contribution in [0, 0.1) is 0 Å². The number of nitrogens with one attached hydrogen (secondary N) is 2. The minimum atomic E-state index is 0.213. The number of aromatic amines is 2. The topological polar surface area (TPSA) is 95.2 Å².